The molecule has 0 spiro atoms. The van der Waals surface area contributed by atoms with E-state index in [4.69, 9.17) is 4.74 Å². The summed E-state index contributed by atoms with van der Waals surface area (Å²) < 4.78 is 31.3. The lowest BCUT2D eigenvalue weighted by Crippen LogP contribution is -2.30. The number of aromatic hydroxyl groups is 1. The molecule has 9 heteroatoms. The molecular formula is C19H22N2O6S. The Morgan fingerprint density at radius 3 is 2.39 bits per heavy atom. The summed E-state index contributed by atoms with van der Waals surface area (Å²) in [4.78, 5) is 24.0. The first-order valence-electron chi connectivity index (χ1n) is 8.64. The number of rotatable bonds is 8. The molecule has 0 bridgehead atoms. The monoisotopic (exact) mass is 406 g/mol. The second-order valence-electron chi connectivity index (χ2n) is 5.79. The third-order valence-corrected chi connectivity index (χ3v) is 5.92. The van der Waals surface area contributed by atoms with Gasteiger partial charge in [0.1, 0.15) is 5.75 Å². The van der Waals surface area contributed by atoms with Crippen LogP contribution in [0.2, 0.25) is 0 Å². The number of ether oxygens (including phenoxy) is 1. The first kappa shape index (κ1) is 21.4. The minimum absolute atomic E-state index is 0.0609. The van der Waals surface area contributed by atoms with E-state index >= 15 is 0 Å². The molecule has 150 valence electrons. The Morgan fingerprint density at radius 1 is 1.07 bits per heavy atom. The van der Waals surface area contributed by atoms with Crippen LogP contribution in [0.15, 0.2) is 53.4 Å². The highest BCUT2D eigenvalue weighted by atomic mass is 32.2. The zero-order valence-corrected chi connectivity index (χ0v) is 16.4. The van der Waals surface area contributed by atoms with Gasteiger partial charge < -0.3 is 15.2 Å². The number of phenols is 1. The van der Waals surface area contributed by atoms with Gasteiger partial charge in [0.25, 0.3) is 5.91 Å². The number of carbonyl (C=O) groups is 2. The molecule has 8 nitrogen and oxygen atoms in total. The fourth-order valence-electron chi connectivity index (χ4n) is 2.49. The van der Waals surface area contributed by atoms with Crippen LogP contribution in [0.1, 0.15) is 24.2 Å². The zero-order valence-electron chi connectivity index (χ0n) is 15.6. The maximum atomic E-state index is 12.6. The molecule has 0 fully saturated rings. The van der Waals surface area contributed by atoms with Crippen LogP contribution in [0.5, 0.6) is 5.75 Å². The number of hydrogen-bond acceptors (Lipinski definition) is 6. The largest absolute Gasteiger partial charge is 0.508 e. The molecule has 2 aromatic rings. The van der Waals surface area contributed by atoms with E-state index in [1.165, 1.54) is 52.8 Å². The van der Waals surface area contributed by atoms with Gasteiger partial charge in [0.2, 0.25) is 10.0 Å². The van der Waals surface area contributed by atoms with E-state index in [-0.39, 0.29) is 21.9 Å². The van der Waals surface area contributed by atoms with Crippen LogP contribution in [0.3, 0.4) is 0 Å². The Morgan fingerprint density at radius 2 is 1.75 bits per heavy atom. The smallest absolute Gasteiger partial charge is 0.338 e. The summed E-state index contributed by atoms with van der Waals surface area (Å²) in [6.45, 7) is 3.60. The van der Waals surface area contributed by atoms with Gasteiger partial charge >= 0.3 is 5.97 Å². The molecule has 2 aromatic carbocycles. The van der Waals surface area contributed by atoms with Crippen molar-refractivity contribution < 1.29 is 27.9 Å². The van der Waals surface area contributed by atoms with E-state index in [2.05, 4.69) is 5.32 Å². The highest BCUT2D eigenvalue weighted by molar-refractivity contribution is 7.89. The van der Waals surface area contributed by atoms with Gasteiger partial charge in [0.05, 0.1) is 10.5 Å². The SMILES string of the molecule is CCN(CC)S(=O)(=O)c1cccc(NC(=O)COC(=O)c2cccc(O)c2)c1. The lowest BCUT2D eigenvalue weighted by atomic mass is 10.2. The van der Waals surface area contributed by atoms with Crippen molar-refractivity contribution in [3.05, 3.63) is 54.1 Å². The third kappa shape index (κ3) is 5.30. The van der Waals surface area contributed by atoms with Crippen molar-refractivity contribution >= 4 is 27.6 Å². The molecule has 0 heterocycles. The molecule has 0 saturated heterocycles. The topological polar surface area (TPSA) is 113 Å². The summed E-state index contributed by atoms with van der Waals surface area (Å²) in [5, 5.41) is 11.9. The fourth-order valence-corrected chi connectivity index (χ4v) is 4.00. The fraction of sp³-hybridized carbons (Fsp3) is 0.263. The average Bonchev–Trinajstić information content (AvgIpc) is 2.67. The molecule has 0 aromatic heterocycles. The van der Waals surface area contributed by atoms with Crippen molar-refractivity contribution in [1.29, 1.82) is 0 Å². The van der Waals surface area contributed by atoms with Crippen molar-refractivity contribution in [3.8, 4) is 5.75 Å². The zero-order chi connectivity index (χ0) is 20.7. The van der Waals surface area contributed by atoms with E-state index in [1.807, 2.05) is 0 Å². The van der Waals surface area contributed by atoms with Crippen LogP contribution in [0.4, 0.5) is 5.69 Å². The average molecular weight is 406 g/mol. The lowest BCUT2D eigenvalue weighted by molar-refractivity contribution is -0.119. The maximum Gasteiger partial charge on any atom is 0.338 e. The van der Waals surface area contributed by atoms with Gasteiger partial charge in [-0.25, -0.2) is 13.2 Å². The number of sulfonamides is 1. The molecule has 2 N–H and O–H groups in total. The molecule has 0 saturated carbocycles. The van der Waals surface area contributed by atoms with Gasteiger partial charge in [-0.05, 0) is 36.4 Å². The minimum atomic E-state index is -3.65. The van der Waals surface area contributed by atoms with Crippen LogP contribution >= 0.6 is 0 Å². The Kier molecular flexibility index (Phi) is 7.13. The van der Waals surface area contributed by atoms with Crippen molar-refractivity contribution in [2.75, 3.05) is 25.0 Å². The first-order valence-corrected chi connectivity index (χ1v) is 10.1. The Hall–Kier alpha value is -2.91. The van der Waals surface area contributed by atoms with Crippen molar-refractivity contribution in [1.82, 2.24) is 4.31 Å². The quantitative estimate of drug-likeness (QED) is 0.650. The Bertz CT molecular complexity index is 954. The molecule has 0 radical (unpaired) electrons. The van der Waals surface area contributed by atoms with Gasteiger partial charge in [-0.15, -0.1) is 0 Å². The number of amides is 1. The number of nitrogens with zero attached hydrogens (tertiary/aromatic N) is 1. The predicted octanol–water partition coefficient (Wildman–Crippen LogP) is 2.22. The van der Waals surface area contributed by atoms with E-state index in [1.54, 1.807) is 13.8 Å². The molecule has 28 heavy (non-hydrogen) atoms. The molecule has 2 rings (SSSR count). The summed E-state index contributed by atoms with van der Waals surface area (Å²) in [5.41, 5.74) is 0.381. The van der Waals surface area contributed by atoms with Crippen LogP contribution in [-0.4, -0.2) is 49.4 Å². The van der Waals surface area contributed by atoms with E-state index < -0.39 is 28.5 Å². The second kappa shape index (κ2) is 9.34. The summed E-state index contributed by atoms with van der Waals surface area (Å²) in [6, 6.07) is 11.4. The van der Waals surface area contributed by atoms with Crippen molar-refractivity contribution in [3.63, 3.8) is 0 Å². The van der Waals surface area contributed by atoms with Gasteiger partial charge in [-0.2, -0.15) is 4.31 Å². The molecule has 1 amide bonds. The predicted molar refractivity (Wildman–Crippen MR) is 104 cm³/mol. The van der Waals surface area contributed by atoms with Crippen molar-refractivity contribution in [2.24, 2.45) is 0 Å². The number of hydrogen-bond donors (Lipinski definition) is 2. The molecule has 0 aliphatic rings. The van der Waals surface area contributed by atoms with Crippen molar-refractivity contribution in [2.45, 2.75) is 18.7 Å². The highest BCUT2D eigenvalue weighted by Crippen LogP contribution is 2.19. The first-order chi connectivity index (χ1) is 13.3. The normalized spacial score (nSPS) is 11.2. The number of nitrogens with one attached hydrogen (secondary N) is 1. The van der Waals surface area contributed by atoms with Crippen LogP contribution in [0.25, 0.3) is 0 Å². The second-order valence-corrected chi connectivity index (χ2v) is 7.73. The lowest BCUT2D eigenvalue weighted by Gasteiger charge is -2.18. The third-order valence-electron chi connectivity index (χ3n) is 3.88. The summed E-state index contributed by atoms with van der Waals surface area (Å²) in [5.74, 6) is -1.47. The molecule has 0 atom stereocenters. The van der Waals surface area contributed by atoms with Gasteiger partial charge in [0, 0.05) is 18.8 Å². The number of anilines is 1. The Labute approximate surface area is 163 Å². The van der Waals surface area contributed by atoms with Crippen LogP contribution in [-0.2, 0) is 19.6 Å². The Balaban J connectivity index is 2.02. The van der Waals surface area contributed by atoms with Crippen LogP contribution < -0.4 is 5.32 Å². The number of esters is 1. The number of benzene rings is 2. The van der Waals surface area contributed by atoms with Gasteiger partial charge in [0.15, 0.2) is 6.61 Å². The van der Waals surface area contributed by atoms with Gasteiger partial charge in [-0.3, -0.25) is 4.79 Å². The van der Waals surface area contributed by atoms with E-state index in [0.717, 1.165) is 0 Å². The molecular weight excluding hydrogens is 384 g/mol. The van der Waals surface area contributed by atoms with E-state index in [9.17, 15) is 23.1 Å². The van der Waals surface area contributed by atoms with Crippen LogP contribution in [0, 0.1) is 0 Å². The van der Waals surface area contributed by atoms with Gasteiger partial charge in [-0.1, -0.05) is 26.0 Å². The summed E-state index contributed by atoms with van der Waals surface area (Å²) >= 11 is 0. The number of phenolic OH excluding ortho intramolecular Hbond substituents is 1. The highest BCUT2D eigenvalue weighted by Gasteiger charge is 2.22. The van der Waals surface area contributed by atoms with E-state index in [0.29, 0.717) is 13.1 Å². The maximum absolute atomic E-state index is 12.6. The molecule has 0 unspecified atom stereocenters. The number of carbonyl (C=O) groups excluding carboxylic acids is 2. The standard InChI is InChI=1S/C19H22N2O6S/c1-3-21(4-2)28(25,26)17-10-6-8-15(12-17)20-18(23)13-27-19(24)14-7-5-9-16(22)11-14/h5-12,22H,3-4,13H2,1-2H3,(H,20,23). The molecule has 0 aliphatic heterocycles. The summed E-state index contributed by atoms with van der Waals surface area (Å²) in [6.07, 6.45) is 0. The summed E-state index contributed by atoms with van der Waals surface area (Å²) in [7, 11) is -3.65. The minimum Gasteiger partial charge on any atom is -0.508 e. The molecule has 0 aliphatic carbocycles.